The fraction of sp³-hybridized carbons (Fsp3) is 0.421. The second-order valence-corrected chi connectivity index (χ2v) is 9.74. The van der Waals surface area contributed by atoms with Gasteiger partial charge in [-0.3, -0.25) is 14.3 Å². The van der Waals surface area contributed by atoms with E-state index in [4.69, 9.17) is 0 Å². The standard InChI is InChI=1S/C19H23BrN4O4S/c1-21-29(27,28)19-16(22-18(26)13-6-4-3-5-7-13)15(23-24(19)2)17(25)12-8-10-14(20)11-9-12/h8-11,13,21H,3-7H2,1-2H3,(H,22,26). The molecular formula is C19H23BrN4O4S. The summed E-state index contributed by atoms with van der Waals surface area (Å²) >= 11 is 3.32. The van der Waals surface area contributed by atoms with E-state index in [0.717, 1.165) is 41.3 Å². The molecular weight excluding hydrogens is 460 g/mol. The van der Waals surface area contributed by atoms with Crippen LogP contribution >= 0.6 is 15.9 Å². The highest BCUT2D eigenvalue weighted by Crippen LogP contribution is 2.30. The molecule has 8 nitrogen and oxygen atoms in total. The molecule has 0 aliphatic heterocycles. The number of carbonyl (C=O) groups excluding carboxylic acids is 2. The lowest BCUT2D eigenvalue weighted by atomic mass is 9.88. The van der Waals surface area contributed by atoms with Crippen molar-refractivity contribution in [2.24, 2.45) is 13.0 Å². The number of sulfonamides is 1. The molecule has 0 bridgehead atoms. The Balaban J connectivity index is 2.06. The second-order valence-electron chi connectivity index (χ2n) is 7.02. The Kier molecular flexibility index (Phi) is 6.55. The van der Waals surface area contributed by atoms with E-state index in [9.17, 15) is 18.0 Å². The Labute approximate surface area is 178 Å². The van der Waals surface area contributed by atoms with Crippen molar-refractivity contribution in [1.29, 1.82) is 0 Å². The molecule has 0 atom stereocenters. The van der Waals surface area contributed by atoms with E-state index in [1.54, 1.807) is 24.3 Å². The first-order valence-electron chi connectivity index (χ1n) is 9.36. The lowest BCUT2D eigenvalue weighted by Crippen LogP contribution is -2.28. The highest BCUT2D eigenvalue weighted by molar-refractivity contribution is 9.10. The van der Waals surface area contributed by atoms with Gasteiger partial charge in [0.2, 0.25) is 11.7 Å². The zero-order valence-electron chi connectivity index (χ0n) is 16.2. The van der Waals surface area contributed by atoms with E-state index >= 15 is 0 Å². The van der Waals surface area contributed by atoms with Crippen LogP contribution in [0.15, 0.2) is 33.8 Å². The number of benzene rings is 1. The van der Waals surface area contributed by atoms with Crippen LogP contribution < -0.4 is 10.0 Å². The van der Waals surface area contributed by atoms with Crippen LogP contribution in [0.4, 0.5) is 5.69 Å². The van der Waals surface area contributed by atoms with Gasteiger partial charge in [-0.1, -0.05) is 35.2 Å². The number of ketones is 1. The molecule has 0 radical (unpaired) electrons. The maximum absolute atomic E-state index is 13.1. The molecule has 1 aromatic carbocycles. The minimum Gasteiger partial charge on any atom is -0.321 e. The maximum atomic E-state index is 13.1. The number of halogens is 1. The monoisotopic (exact) mass is 482 g/mol. The summed E-state index contributed by atoms with van der Waals surface area (Å²) in [6, 6.07) is 6.64. The number of hydrogen-bond acceptors (Lipinski definition) is 5. The first kappa shape index (κ1) is 21.7. The van der Waals surface area contributed by atoms with Crippen LogP contribution in [-0.4, -0.2) is 36.9 Å². The van der Waals surface area contributed by atoms with Crippen molar-refractivity contribution in [3.05, 3.63) is 40.0 Å². The van der Waals surface area contributed by atoms with E-state index in [1.165, 1.54) is 14.1 Å². The smallest absolute Gasteiger partial charge is 0.259 e. The Morgan fingerprint density at radius 3 is 2.34 bits per heavy atom. The minimum absolute atomic E-state index is 0.0784. The summed E-state index contributed by atoms with van der Waals surface area (Å²) in [6.07, 6.45) is 4.49. The summed E-state index contributed by atoms with van der Waals surface area (Å²) in [5, 5.41) is 6.60. The van der Waals surface area contributed by atoms with Gasteiger partial charge < -0.3 is 5.32 Å². The third-order valence-corrected chi connectivity index (χ3v) is 7.11. The largest absolute Gasteiger partial charge is 0.321 e. The number of nitrogens with zero attached hydrogens (tertiary/aromatic N) is 2. The molecule has 1 amide bonds. The van der Waals surface area contributed by atoms with Crippen molar-refractivity contribution < 1.29 is 18.0 Å². The Bertz CT molecular complexity index is 1030. The van der Waals surface area contributed by atoms with Gasteiger partial charge in [-0.25, -0.2) is 13.1 Å². The Morgan fingerprint density at radius 1 is 1.14 bits per heavy atom. The van der Waals surface area contributed by atoms with Crippen molar-refractivity contribution in [1.82, 2.24) is 14.5 Å². The molecule has 2 N–H and O–H groups in total. The molecule has 1 aliphatic carbocycles. The minimum atomic E-state index is -3.96. The molecule has 29 heavy (non-hydrogen) atoms. The lowest BCUT2D eigenvalue weighted by Gasteiger charge is -2.21. The van der Waals surface area contributed by atoms with Crippen LogP contribution in [0.25, 0.3) is 0 Å². The van der Waals surface area contributed by atoms with Crippen molar-refractivity contribution >= 4 is 43.3 Å². The average molecular weight is 483 g/mol. The highest BCUT2D eigenvalue weighted by Gasteiger charge is 2.32. The molecule has 3 rings (SSSR count). The summed E-state index contributed by atoms with van der Waals surface area (Å²) < 4.78 is 29.3. The number of carbonyl (C=O) groups is 2. The van der Waals surface area contributed by atoms with Gasteiger partial charge >= 0.3 is 0 Å². The molecule has 1 aliphatic rings. The van der Waals surface area contributed by atoms with Crippen molar-refractivity contribution in [3.63, 3.8) is 0 Å². The molecule has 0 unspecified atom stereocenters. The number of nitrogens with one attached hydrogen (secondary N) is 2. The number of aryl methyl sites for hydroxylation is 1. The van der Waals surface area contributed by atoms with Crippen molar-refractivity contribution in [2.75, 3.05) is 12.4 Å². The van der Waals surface area contributed by atoms with Crippen LogP contribution in [0.1, 0.15) is 48.2 Å². The predicted molar refractivity (Wildman–Crippen MR) is 112 cm³/mol. The van der Waals surface area contributed by atoms with Crippen LogP contribution in [0, 0.1) is 5.92 Å². The molecule has 1 fully saturated rings. The third kappa shape index (κ3) is 4.59. The lowest BCUT2D eigenvalue weighted by molar-refractivity contribution is -0.120. The second kappa shape index (κ2) is 8.76. The van der Waals surface area contributed by atoms with E-state index in [2.05, 4.69) is 31.1 Å². The fourth-order valence-electron chi connectivity index (χ4n) is 3.51. The van der Waals surface area contributed by atoms with Gasteiger partial charge in [0.1, 0.15) is 5.69 Å². The molecule has 156 valence electrons. The van der Waals surface area contributed by atoms with Crippen LogP contribution in [0.3, 0.4) is 0 Å². The zero-order valence-corrected chi connectivity index (χ0v) is 18.6. The van der Waals surface area contributed by atoms with Gasteiger partial charge in [0.25, 0.3) is 10.0 Å². The van der Waals surface area contributed by atoms with Gasteiger partial charge in [0.05, 0.1) is 0 Å². The zero-order chi connectivity index (χ0) is 21.2. The van der Waals surface area contributed by atoms with Crippen LogP contribution in [0.5, 0.6) is 0 Å². The van der Waals surface area contributed by atoms with Gasteiger partial charge in [-0.05, 0) is 44.2 Å². The van der Waals surface area contributed by atoms with Crippen LogP contribution in [-0.2, 0) is 21.9 Å². The van der Waals surface area contributed by atoms with Crippen molar-refractivity contribution in [2.45, 2.75) is 37.1 Å². The summed E-state index contributed by atoms with van der Waals surface area (Å²) in [4.78, 5) is 25.9. The topological polar surface area (TPSA) is 110 Å². The number of amides is 1. The highest BCUT2D eigenvalue weighted by atomic mass is 79.9. The Morgan fingerprint density at radius 2 is 1.76 bits per heavy atom. The summed E-state index contributed by atoms with van der Waals surface area (Å²) in [6.45, 7) is 0. The summed E-state index contributed by atoms with van der Waals surface area (Å²) in [5.74, 6) is -0.954. The van der Waals surface area contributed by atoms with E-state index in [1.807, 2.05) is 0 Å². The molecule has 0 spiro atoms. The van der Waals surface area contributed by atoms with Gasteiger partial charge in [0.15, 0.2) is 10.7 Å². The third-order valence-electron chi connectivity index (χ3n) is 5.06. The molecule has 1 saturated carbocycles. The van der Waals surface area contributed by atoms with Gasteiger partial charge in [-0.15, -0.1) is 0 Å². The van der Waals surface area contributed by atoms with Crippen molar-refractivity contribution in [3.8, 4) is 0 Å². The number of aromatic nitrogens is 2. The van der Waals surface area contributed by atoms with Gasteiger partial charge in [0, 0.05) is 23.0 Å². The first-order valence-corrected chi connectivity index (χ1v) is 11.6. The van der Waals surface area contributed by atoms with Gasteiger partial charge in [-0.2, -0.15) is 5.10 Å². The summed E-state index contributed by atoms with van der Waals surface area (Å²) in [7, 11) is -1.26. The fourth-order valence-corrected chi connectivity index (χ4v) is 4.78. The molecule has 0 saturated heterocycles. The molecule has 1 heterocycles. The predicted octanol–water partition coefficient (Wildman–Crippen LogP) is 2.84. The summed E-state index contributed by atoms with van der Waals surface area (Å²) in [5.41, 5.74) is 0.158. The maximum Gasteiger partial charge on any atom is 0.259 e. The molecule has 1 aromatic heterocycles. The SMILES string of the molecule is CNS(=O)(=O)c1c(NC(=O)C2CCCCC2)c(C(=O)c2ccc(Br)cc2)nn1C. The Hall–Kier alpha value is -2.04. The number of hydrogen-bond donors (Lipinski definition) is 2. The van der Waals surface area contributed by atoms with E-state index < -0.39 is 15.8 Å². The first-order chi connectivity index (χ1) is 13.7. The van der Waals surface area contributed by atoms with E-state index in [-0.39, 0.29) is 28.2 Å². The average Bonchev–Trinajstić information content (AvgIpc) is 3.05. The quantitative estimate of drug-likeness (QED) is 0.614. The number of anilines is 1. The molecule has 10 heteroatoms. The number of rotatable bonds is 6. The normalized spacial score (nSPS) is 15.3. The molecule has 2 aromatic rings. The van der Waals surface area contributed by atoms with E-state index in [0.29, 0.717) is 5.56 Å². The van der Waals surface area contributed by atoms with Crippen LogP contribution in [0.2, 0.25) is 0 Å².